The summed E-state index contributed by atoms with van der Waals surface area (Å²) in [7, 11) is 0. The lowest BCUT2D eigenvalue weighted by molar-refractivity contribution is 0.0652. The molecule has 2 amide bonds. The largest absolute Gasteiger partial charge is 0.361 e. The third-order valence-corrected chi connectivity index (χ3v) is 8.41. The molecule has 0 atom stereocenters. The van der Waals surface area contributed by atoms with Crippen molar-refractivity contribution >= 4 is 23.2 Å². The Morgan fingerprint density at radius 2 is 1.63 bits per heavy atom. The zero-order valence-electron chi connectivity index (χ0n) is 23.6. The van der Waals surface area contributed by atoms with Crippen molar-refractivity contribution in [3.63, 3.8) is 0 Å². The molecule has 0 N–H and O–H groups in total. The number of hydrogen-bond donors (Lipinski definition) is 0. The number of aryl methyl sites for hydroxylation is 3. The van der Waals surface area contributed by atoms with Gasteiger partial charge in [0.05, 0.1) is 28.3 Å². The van der Waals surface area contributed by atoms with Crippen LogP contribution in [0.15, 0.2) is 71.3 Å². The molecule has 1 aliphatic heterocycles. The highest BCUT2D eigenvalue weighted by molar-refractivity contribution is 6.21. The number of carbonyl (C=O) groups is 2. The molecule has 2 heterocycles. The number of fused-ring (bicyclic) bond motifs is 1. The van der Waals surface area contributed by atoms with Crippen LogP contribution in [0.1, 0.15) is 69.0 Å². The molecule has 1 saturated carbocycles. The topological polar surface area (TPSA) is 90.4 Å². The second-order valence-electron chi connectivity index (χ2n) is 11.1. The number of imide groups is 1. The number of anilines is 2. The predicted molar refractivity (Wildman–Crippen MR) is 157 cm³/mol. The molecular weight excluding hydrogens is 512 g/mol. The summed E-state index contributed by atoms with van der Waals surface area (Å²) in [4.78, 5) is 29.3. The number of amides is 2. The normalized spacial score (nSPS) is 15.1. The van der Waals surface area contributed by atoms with Gasteiger partial charge in [0.1, 0.15) is 5.76 Å². The van der Waals surface area contributed by atoms with E-state index in [9.17, 15) is 14.9 Å². The van der Waals surface area contributed by atoms with E-state index in [1.165, 1.54) is 4.90 Å². The van der Waals surface area contributed by atoms with Gasteiger partial charge in [-0.3, -0.25) is 14.5 Å². The minimum atomic E-state index is -0.338. The van der Waals surface area contributed by atoms with Gasteiger partial charge in [0.15, 0.2) is 0 Å². The van der Waals surface area contributed by atoms with Gasteiger partial charge in [-0.05, 0) is 93.5 Å². The monoisotopic (exact) mass is 544 g/mol. The van der Waals surface area contributed by atoms with Gasteiger partial charge in [-0.15, -0.1) is 0 Å². The number of unbranched alkanes of at least 4 members (excludes halogenated alkanes) is 1. The van der Waals surface area contributed by atoms with Crippen LogP contribution >= 0.6 is 0 Å². The molecule has 206 valence electrons. The van der Waals surface area contributed by atoms with Crippen molar-refractivity contribution in [2.24, 2.45) is 0 Å². The van der Waals surface area contributed by atoms with E-state index in [2.05, 4.69) is 65.5 Å². The minimum absolute atomic E-state index is 0.215. The van der Waals surface area contributed by atoms with Crippen LogP contribution in [-0.4, -0.2) is 35.0 Å². The molecule has 6 rings (SSSR count). The molecular formula is C34H32N4O3. The summed E-state index contributed by atoms with van der Waals surface area (Å²) in [5, 5.41) is 13.8. The van der Waals surface area contributed by atoms with E-state index in [4.69, 9.17) is 4.52 Å². The first-order chi connectivity index (χ1) is 19.8. The van der Waals surface area contributed by atoms with E-state index in [0.29, 0.717) is 30.6 Å². The number of carbonyl (C=O) groups excluding carboxylic acids is 2. The minimum Gasteiger partial charge on any atom is -0.361 e. The Labute approximate surface area is 240 Å². The van der Waals surface area contributed by atoms with Crippen LogP contribution in [0.2, 0.25) is 0 Å². The molecule has 1 fully saturated rings. The first kappa shape index (κ1) is 26.5. The fourth-order valence-corrected chi connectivity index (χ4v) is 5.87. The predicted octanol–water partition coefficient (Wildman–Crippen LogP) is 7.04. The van der Waals surface area contributed by atoms with E-state index in [1.807, 2.05) is 13.8 Å². The van der Waals surface area contributed by atoms with Gasteiger partial charge >= 0.3 is 0 Å². The van der Waals surface area contributed by atoms with Crippen molar-refractivity contribution < 1.29 is 14.1 Å². The number of nitriles is 1. The van der Waals surface area contributed by atoms with Gasteiger partial charge in [0.25, 0.3) is 11.8 Å². The number of benzene rings is 3. The Hall–Kier alpha value is -4.70. The fourth-order valence-electron chi connectivity index (χ4n) is 5.87. The summed E-state index contributed by atoms with van der Waals surface area (Å²) < 4.78 is 5.45. The van der Waals surface area contributed by atoms with Crippen LogP contribution in [0.4, 0.5) is 11.4 Å². The molecule has 2 aliphatic rings. The molecule has 0 radical (unpaired) electrons. The van der Waals surface area contributed by atoms with Crippen LogP contribution in [-0.2, 0) is 5.41 Å². The van der Waals surface area contributed by atoms with Gasteiger partial charge in [0, 0.05) is 30.0 Å². The highest BCUT2D eigenvalue weighted by Gasteiger charge is 2.44. The lowest BCUT2D eigenvalue weighted by Crippen LogP contribution is -2.31. The number of rotatable bonds is 9. The van der Waals surface area contributed by atoms with E-state index in [1.54, 1.807) is 24.3 Å². The van der Waals surface area contributed by atoms with Gasteiger partial charge in [0.2, 0.25) is 0 Å². The average molecular weight is 545 g/mol. The first-order valence-electron chi connectivity index (χ1n) is 14.1. The number of hydrogen-bond acceptors (Lipinski definition) is 6. The van der Waals surface area contributed by atoms with Gasteiger partial charge in [-0.2, -0.15) is 5.26 Å². The van der Waals surface area contributed by atoms with Gasteiger partial charge in [-0.25, -0.2) is 0 Å². The van der Waals surface area contributed by atoms with Crippen LogP contribution in [0.5, 0.6) is 0 Å². The lowest BCUT2D eigenvalue weighted by atomic mass is 9.97. The highest BCUT2D eigenvalue weighted by Crippen LogP contribution is 2.48. The zero-order chi connectivity index (χ0) is 28.7. The maximum atomic E-state index is 12.8. The van der Waals surface area contributed by atoms with E-state index in [0.717, 1.165) is 64.3 Å². The van der Waals surface area contributed by atoms with E-state index >= 15 is 0 Å². The number of nitrogens with zero attached hydrogens (tertiary/aromatic N) is 4. The van der Waals surface area contributed by atoms with Crippen LogP contribution in [0, 0.1) is 32.1 Å². The number of aromatic nitrogens is 1. The Balaban J connectivity index is 1.26. The molecule has 1 aliphatic carbocycles. The van der Waals surface area contributed by atoms with Crippen molar-refractivity contribution in [1.29, 1.82) is 5.26 Å². The van der Waals surface area contributed by atoms with Crippen LogP contribution in [0.3, 0.4) is 0 Å². The second-order valence-corrected chi connectivity index (χ2v) is 11.1. The van der Waals surface area contributed by atoms with Crippen LogP contribution in [0.25, 0.3) is 11.1 Å². The Bertz CT molecular complexity index is 1640. The Morgan fingerprint density at radius 1 is 0.951 bits per heavy atom. The van der Waals surface area contributed by atoms with Crippen molar-refractivity contribution in [3.8, 4) is 17.2 Å². The summed E-state index contributed by atoms with van der Waals surface area (Å²) in [6.07, 6.45) is 3.26. The van der Waals surface area contributed by atoms with E-state index in [-0.39, 0.29) is 17.2 Å². The average Bonchev–Trinajstić information content (AvgIpc) is 3.67. The van der Waals surface area contributed by atoms with Crippen molar-refractivity contribution in [2.45, 2.75) is 51.9 Å². The molecule has 7 heteroatoms. The lowest BCUT2D eigenvalue weighted by Gasteiger charge is -2.28. The van der Waals surface area contributed by atoms with Crippen LogP contribution < -0.4 is 4.90 Å². The summed E-state index contributed by atoms with van der Waals surface area (Å²) in [5.74, 6) is 0.348. The third-order valence-electron chi connectivity index (χ3n) is 8.41. The second kappa shape index (κ2) is 10.4. The summed E-state index contributed by atoms with van der Waals surface area (Å²) in [6.45, 7) is 7.04. The Kier molecular flexibility index (Phi) is 6.70. The van der Waals surface area contributed by atoms with Crippen molar-refractivity contribution in [3.05, 3.63) is 100 Å². The van der Waals surface area contributed by atoms with E-state index < -0.39 is 0 Å². The van der Waals surface area contributed by atoms with Crippen molar-refractivity contribution in [1.82, 2.24) is 10.1 Å². The quantitative estimate of drug-likeness (QED) is 0.166. The van der Waals surface area contributed by atoms with Crippen molar-refractivity contribution in [2.75, 3.05) is 18.0 Å². The van der Waals surface area contributed by atoms with Gasteiger partial charge in [-0.1, -0.05) is 41.6 Å². The molecule has 3 aromatic carbocycles. The summed E-state index contributed by atoms with van der Waals surface area (Å²) in [5.41, 5.74) is 7.80. The molecule has 0 spiro atoms. The Morgan fingerprint density at radius 3 is 2.22 bits per heavy atom. The molecule has 0 unspecified atom stereocenters. The summed E-state index contributed by atoms with van der Waals surface area (Å²) >= 11 is 0. The maximum absolute atomic E-state index is 12.8. The third kappa shape index (κ3) is 4.70. The molecule has 4 aromatic rings. The molecule has 41 heavy (non-hydrogen) atoms. The SMILES string of the molecule is Cc1ccc(-c2c(C)noc2C)cc1N(CCCCN1C(=O)c2ccccc2C1=O)c1ccc(C2(C#N)CC2)cc1. The smallest absolute Gasteiger partial charge is 0.261 e. The fraction of sp³-hybridized carbons (Fsp3) is 0.294. The molecule has 1 aromatic heterocycles. The molecule has 0 saturated heterocycles. The summed E-state index contributed by atoms with van der Waals surface area (Å²) in [6, 6.07) is 24.2. The van der Waals surface area contributed by atoms with Gasteiger partial charge < -0.3 is 9.42 Å². The zero-order valence-corrected chi connectivity index (χ0v) is 23.6. The molecule has 7 nitrogen and oxygen atoms in total. The highest BCUT2D eigenvalue weighted by atomic mass is 16.5. The molecule has 0 bridgehead atoms. The first-order valence-corrected chi connectivity index (χ1v) is 14.1. The maximum Gasteiger partial charge on any atom is 0.261 e. The standard InChI is InChI=1S/C34H32N4O3/c1-22-10-11-25(31-23(2)36-41-24(31)3)20-30(22)37(27-14-12-26(13-15-27)34(21-35)16-17-34)18-6-7-19-38-32(39)28-8-4-5-9-29(28)33(38)40/h4-5,8-15,20H,6-7,16-19H2,1-3H3.